The van der Waals surface area contributed by atoms with E-state index < -0.39 is 0 Å². The van der Waals surface area contributed by atoms with E-state index in [1.54, 1.807) is 24.3 Å². The van der Waals surface area contributed by atoms with Crippen LogP contribution in [-0.2, 0) is 4.79 Å². The molecule has 2 aliphatic rings. The molecule has 6 heteroatoms. The van der Waals surface area contributed by atoms with Gasteiger partial charge in [0, 0.05) is 17.4 Å². The van der Waals surface area contributed by atoms with Crippen LogP contribution in [0.1, 0.15) is 25.7 Å². The van der Waals surface area contributed by atoms with Crippen LogP contribution in [-0.4, -0.2) is 30.6 Å². The van der Waals surface area contributed by atoms with Crippen LogP contribution in [0.25, 0.3) is 0 Å². The molecule has 2 fully saturated rings. The van der Waals surface area contributed by atoms with Crippen LogP contribution in [0.15, 0.2) is 24.3 Å². The molecular formula is C15H20N4O2. The van der Waals surface area contributed by atoms with Crippen LogP contribution in [0.4, 0.5) is 16.2 Å². The number of anilines is 2. The standard InChI is InChI=1S/C15H20N4O2/c20-14(13-2-1-9-16-13)17-10-3-5-11(6-4-10)18-15(21)19-12-7-8-12/h3-6,12-13,16H,1-2,7-9H2,(H,17,20)(H2,18,19,21). The number of benzene rings is 1. The molecule has 0 radical (unpaired) electrons. The summed E-state index contributed by atoms with van der Waals surface area (Å²) in [6.07, 6.45) is 4.05. The number of hydrogen-bond donors (Lipinski definition) is 4. The second-order valence-corrected chi connectivity index (χ2v) is 5.59. The monoisotopic (exact) mass is 288 g/mol. The van der Waals surface area contributed by atoms with Gasteiger partial charge in [-0.3, -0.25) is 4.79 Å². The molecular weight excluding hydrogens is 268 g/mol. The zero-order valence-corrected chi connectivity index (χ0v) is 11.8. The molecule has 112 valence electrons. The molecule has 0 spiro atoms. The third-order valence-corrected chi connectivity index (χ3v) is 3.70. The van der Waals surface area contributed by atoms with E-state index in [9.17, 15) is 9.59 Å². The number of urea groups is 1. The van der Waals surface area contributed by atoms with Crippen molar-refractivity contribution in [1.82, 2.24) is 10.6 Å². The number of hydrogen-bond acceptors (Lipinski definition) is 3. The van der Waals surface area contributed by atoms with Crippen molar-refractivity contribution in [1.29, 1.82) is 0 Å². The lowest BCUT2D eigenvalue weighted by molar-refractivity contribution is -0.117. The lowest BCUT2D eigenvalue weighted by Crippen LogP contribution is -2.35. The van der Waals surface area contributed by atoms with Gasteiger partial charge in [0.1, 0.15) is 0 Å². The molecule has 21 heavy (non-hydrogen) atoms. The summed E-state index contributed by atoms with van der Waals surface area (Å²) < 4.78 is 0. The van der Waals surface area contributed by atoms with Gasteiger partial charge >= 0.3 is 6.03 Å². The first-order valence-electron chi connectivity index (χ1n) is 7.42. The van der Waals surface area contributed by atoms with Gasteiger partial charge in [0.05, 0.1) is 6.04 Å². The van der Waals surface area contributed by atoms with Crippen LogP contribution in [0, 0.1) is 0 Å². The summed E-state index contributed by atoms with van der Waals surface area (Å²) in [5.74, 6) is -0.000291. The number of carbonyl (C=O) groups excluding carboxylic acids is 2. The highest BCUT2D eigenvalue weighted by Gasteiger charge is 2.23. The van der Waals surface area contributed by atoms with E-state index in [1.807, 2.05) is 0 Å². The summed E-state index contributed by atoms with van der Waals surface area (Å²) in [5, 5.41) is 11.7. The third kappa shape index (κ3) is 3.95. The predicted octanol–water partition coefficient (Wildman–Crippen LogP) is 1.66. The first-order valence-corrected chi connectivity index (χ1v) is 7.42. The average molecular weight is 288 g/mol. The summed E-state index contributed by atoms with van der Waals surface area (Å²) in [5.41, 5.74) is 1.45. The van der Waals surface area contributed by atoms with Crippen molar-refractivity contribution in [2.24, 2.45) is 0 Å². The Morgan fingerprint density at radius 3 is 2.24 bits per heavy atom. The van der Waals surface area contributed by atoms with E-state index in [0.29, 0.717) is 11.7 Å². The Morgan fingerprint density at radius 2 is 1.67 bits per heavy atom. The molecule has 1 saturated heterocycles. The van der Waals surface area contributed by atoms with Gasteiger partial charge in [-0.2, -0.15) is 0 Å². The summed E-state index contributed by atoms with van der Waals surface area (Å²) in [7, 11) is 0. The number of amides is 3. The molecule has 1 unspecified atom stereocenters. The minimum Gasteiger partial charge on any atom is -0.335 e. The van der Waals surface area contributed by atoms with Gasteiger partial charge in [0.25, 0.3) is 0 Å². The van der Waals surface area contributed by atoms with Crippen molar-refractivity contribution in [3.8, 4) is 0 Å². The summed E-state index contributed by atoms with van der Waals surface area (Å²) >= 11 is 0. The van der Waals surface area contributed by atoms with Crippen LogP contribution in [0.3, 0.4) is 0 Å². The molecule has 6 nitrogen and oxygen atoms in total. The van der Waals surface area contributed by atoms with Crippen molar-refractivity contribution < 1.29 is 9.59 Å². The minimum absolute atomic E-state index is 0.000291. The Kier molecular flexibility index (Phi) is 4.06. The number of rotatable bonds is 4. The summed E-state index contributed by atoms with van der Waals surface area (Å²) in [6.45, 7) is 0.900. The Balaban J connectivity index is 1.50. The zero-order chi connectivity index (χ0) is 14.7. The van der Waals surface area contributed by atoms with Crippen molar-refractivity contribution in [3.05, 3.63) is 24.3 Å². The van der Waals surface area contributed by atoms with Gasteiger partial charge in [-0.05, 0) is 56.5 Å². The SMILES string of the molecule is O=C(Nc1ccc(NC(=O)C2CCCN2)cc1)NC1CC1. The maximum atomic E-state index is 12.0. The predicted molar refractivity (Wildman–Crippen MR) is 81.3 cm³/mol. The molecule has 1 aliphatic heterocycles. The Hall–Kier alpha value is -2.08. The second kappa shape index (κ2) is 6.13. The van der Waals surface area contributed by atoms with Gasteiger partial charge < -0.3 is 21.3 Å². The van der Waals surface area contributed by atoms with Crippen molar-refractivity contribution >= 4 is 23.3 Å². The highest BCUT2D eigenvalue weighted by atomic mass is 16.2. The van der Waals surface area contributed by atoms with E-state index in [0.717, 1.165) is 37.9 Å². The fraction of sp³-hybridized carbons (Fsp3) is 0.467. The Bertz CT molecular complexity index is 519. The molecule has 0 aromatic heterocycles. The van der Waals surface area contributed by atoms with Crippen LogP contribution >= 0.6 is 0 Å². The van der Waals surface area contributed by atoms with E-state index in [-0.39, 0.29) is 18.0 Å². The van der Waals surface area contributed by atoms with E-state index in [2.05, 4.69) is 21.3 Å². The highest BCUT2D eigenvalue weighted by Crippen LogP contribution is 2.19. The molecule has 3 amide bonds. The molecule has 1 aromatic rings. The van der Waals surface area contributed by atoms with E-state index in [1.165, 1.54) is 0 Å². The first-order chi connectivity index (χ1) is 10.2. The molecule has 1 aromatic carbocycles. The lowest BCUT2D eigenvalue weighted by Gasteiger charge is -2.12. The van der Waals surface area contributed by atoms with Crippen molar-refractivity contribution in [2.45, 2.75) is 37.8 Å². The van der Waals surface area contributed by atoms with Crippen LogP contribution in [0.5, 0.6) is 0 Å². The fourth-order valence-corrected chi connectivity index (χ4v) is 2.35. The largest absolute Gasteiger partial charge is 0.335 e. The topological polar surface area (TPSA) is 82.3 Å². The summed E-state index contributed by atoms with van der Waals surface area (Å²) in [4.78, 5) is 23.6. The van der Waals surface area contributed by atoms with Crippen molar-refractivity contribution in [2.75, 3.05) is 17.2 Å². The molecule has 1 heterocycles. The minimum atomic E-state index is -0.176. The van der Waals surface area contributed by atoms with Crippen LogP contribution in [0.2, 0.25) is 0 Å². The average Bonchev–Trinajstić information content (AvgIpc) is 3.10. The second-order valence-electron chi connectivity index (χ2n) is 5.59. The highest BCUT2D eigenvalue weighted by molar-refractivity contribution is 5.95. The molecule has 4 N–H and O–H groups in total. The Morgan fingerprint density at radius 1 is 1.00 bits per heavy atom. The van der Waals surface area contributed by atoms with Crippen molar-refractivity contribution in [3.63, 3.8) is 0 Å². The van der Waals surface area contributed by atoms with Gasteiger partial charge in [-0.1, -0.05) is 0 Å². The van der Waals surface area contributed by atoms with E-state index >= 15 is 0 Å². The Labute approximate surface area is 123 Å². The molecule has 1 atom stereocenters. The van der Waals surface area contributed by atoms with Gasteiger partial charge in [0.2, 0.25) is 5.91 Å². The van der Waals surface area contributed by atoms with Gasteiger partial charge in [-0.15, -0.1) is 0 Å². The maximum Gasteiger partial charge on any atom is 0.319 e. The van der Waals surface area contributed by atoms with E-state index in [4.69, 9.17) is 0 Å². The number of nitrogens with one attached hydrogen (secondary N) is 4. The third-order valence-electron chi connectivity index (χ3n) is 3.70. The van der Waals surface area contributed by atoms with Gasteiger partial charge in [-0.25, -0.2) is 4.79 Å². The molecule has 3 rings (SSSR count). The van der Waals surface area contributed by atoms with Gasteiger partial charge in [0.15, 0.2) is 0 Å². The fourth-order valence-electron chi connectivity index (χ4n) is 2.35. The zero-order valence-electron chi connectivity index (χ0n) is 11.8. The molecule has 1 aliphatic carbocycles. The molecule has 1 saturated carbocycles. The number of carbonyl (C=O) groups is 2. The first kappa shape index (κ1) is 13.9. The normalized spacial score (nSPS) is 20.9. The lowest BCUT2D eigenvalue weighted by atomic mass is 10.2. The smallest absolute Gasteiger partial charge is 0.319 e. The molecule has 0 bridgehead atoms. The van der Waals surface area contributed by atoms with Crippen LogP contribution < -0.4 is 21.3 Å². The maximum absolute atomic E-state index is 12.0. The summed E-state index contributed by atoms with van der Waals surface area (Å²) in [6, 6.07) is 7.21. The quantitative estimate of drug-likeness (QED) is 0.680.